The normalized spacial score (nSPS) is 12.1. The average Bonchev–Trinajstić information content (AvgIpc) is 2.83. The molecule has 0 aromatic heterocycles. The Bertz CT molecular complexity index is 1480. The highest BCUT2D eigenvalue weighted by atomic mass is 19.4. The molecule has 5 rings (SSSR count). The van der Waals surface area contributed by atoms with Crippen LogP contribution in [0.2, 0.25) is 0 Å². The molecule has 0 radical (unpaired) electrons. The number of phenols is 1. The van der Waals surface area contributed by atoms with E-state index in [1.54, 1.807) is 12.1 Å². The number of alkyl halides is 3. The molecule has 0 unspecified atom stereocenters. The minimum Gasteiger partial charge on any atom is -0.507 e. The SMILES string of the molecule is Oc1c(C=NCc2ccccc2C(F)(F)F)cccc1-c1c2ccccc2cc2ccccc12. The Morgan fingerprint density at radius 3 is 2.03 bits per heavy atom. The first-order valence-corrected chi connectivity index (χ1v) is 10.8. The van der Waals surface area contributed by atoms with E-state index in [9.17, 15) is 18.3 Å². The predicted molar refractivity (Wildman–Crippen MR) is 131 cm³/mol. The molecule has 5 heteroatoms. The van der Waals surface area contributed by atoms with Gasteiger partial charge in [0.1, 0.15) is 5.75 Å². The number of aromatic hydroxyl groups is 1. The van der Waals surface area contributed by atoms with Gasteiger partial charge in [-0.3, -0.25) is 4.99 Å². The molecule has 34 heavy (non-hydrogen) atoms. The second kappa shape index (κ2) is 8.67. The van der Waals surface area contributed by atoms with Crippen LogP contribution in [0.1, 0.15) is 16.7 Å². The average molecular weight is 455 g/mol. The zero-order chi connectivity index (χ0) is 23.7. The fraction of sp³-hybridized carbons (Fsp3) is 0.0690. The summed E-state index contributed by atoms with van der Waals surface area (Å²) < 4.78 is 39.8. The molecule has 0 spiro atoms. The van der Waals surface area contributed by atoms with Crippen LogP contribution in [0, 0.1) is 0 Å². The summed E-state index contributed by atoms with van der Waals surface area (Å²) in [7, 11) is 0. The summed E-state index contributed by atoms with van der Waals surface area (Å²) in [6, 6.07) is 28.8. The second-order valence-corrected chi connectivity index (χ2v) is 8.06. The molecule has 5 aromatic carbocycles. The van der Waals surface area contributed by atoms with Gasteiger partial charge in [-0.1, -0.05) is 78.9 Å². The van der Waals surface area contributed by atoms with Crippen LogP contribution >= 0.6 is 0 Å². The van der Waals surface area contributed by atoms with Crippen molar-refractivity contribution in [3.63, 3.8) is 0 Å². The largest absolute Gasteiger partial charge is 0.507 e. The van der Waals surface area contributed by atoms with Gasteiger partial charge >= 0.3 is 6.18 Å². The van der Waals surface area contributed by atoms with E-state index >= 15 is 0 Å². The predicted octanol–water partition coefficient (Wildman–Crippen LogP) is 8.00. The Balaban J connectivity index is 1.58. The highest BCUT2D eigenvalue weighted by molar-refractivity contribution is 6.14. The maximum atomic E-state index is 13.3. The van der Waals surface area contributed by atoms with Crippen LogP contribution in [0.3, 0.4) is 0 Å². The van der Waals surface area contributed by atoms with Crippen molar-refractivity contribution < 1.29 is 18.3 Å². The number of aliphatic imine (C=N–C) groups is 1. The number of halogens is 3. The summed E-state index contributed by atoms with van der Waals surface area (Å²) in [6.45, 7) is -0.142. The Kier molecular flexibility index (Phi) is 5.54. The first-order valence-electron chi connectivity index (χ1n) is 10.8. The molecule has 0 aliphatic carbocycles. The van der Waals surface area contributed by atoms with Gasteiger partial charge in [-0.15, -0.1) is 0 Å². The van der Waals surface area contributed by atoms with Crippen LogP contribution in [0.5, 0.6) is 5.75 Å². The lowest BCUT2D eigenvalue weighted by atomic mass is 9.91. The van der Waals surface area contributed by atoms with E-state index in [2.05, 4.69) is 11.1 Å². The van der Waals surface area contributed by atoms with Crippen LogP contribution in [-0.4, -0.2) is 11.3 Å². The van der Waals surface area contributed by atoms with Crippen LogP contribution in [0.15, 0.2) is 102 Å². The lowest BCUT2D eigenvalue weighted by molar-refractivity contribution is -0.138. The standard InChI is InChI=1S/C29H20F3NO/c30-29(31,32)26-15-6-3-10-21(26)17-33-18-22-11-7-14-25(28(22)34)27-23-12-4-1-8-19(23)16-20-9-2-5-13-24(20)27/h1-16,18,34H,17H2. The maximum absolute atomic E-state index is 13.3. The molecule has 0 bridgehead atoms. The van der Waals surface area contributed by atoms with E-state index in [-0.39, 0.29) is 17.9 Å². The fourth-order valence-electron chi connectivity index (χ4n) is 4.35. The van der Waals surface area contributed by atoms with Crippen molar-refractivity contribution in [1.29, 1.82) is 0 Å². The van der Waals surface area contributed by atoms with Gasteiger partial charge in [0.2, 0.25) is 0 Å². The van der Waals surface area contributed by atoms with E-state index in [4.69, 9.17) is 0 Å². The minimum atomic E-state index is -4.44. The summed E-state index contributed by atoms with van der Waals surface area (Å²) >= 11 is 0. The molecule has 0 aliphatic rings. The molecule has 0 aliphatic heterocycles. The molecule has 0 heterocycles. The van der Waals surface area contributed by atoms with Gasteiger partial charge in [0, 0.05) is 22.9 Å². The number of benzene rings is 5. The number of hydrogen-bond donors (Lipinski definition) is 1. The van der Waals surface area contributed by atoms with Gasteiger partial charge in [0.25, 0.3) is 0 Å². The molecular formula is C29H20F3NO. The first-order chi connectivity index (χ1) is 16.4. The van der Waals surface area contributed by atoms with Crippen molar-refractivity contribution in [2.24, 2.45) is 4.99 Å². The van der Waals surface area contributed by atoms with Crippen LogP contribution < -0.4 is 0 Å². The highest BCUT2D eigenvalue weighted by Gasteiger charge is 2.32. The molecule has 0 saturated carbocycles. The molecule has 2 nitrogen and oxygen atoms in total. The molecule has 0 atom stereocenters. The first kappa shape index (κ1) is 21.7. The third kappa shape index (κ3) is 4.01. The van der Waals surface area contributed by atoms with Crippen molar-refractivity contribution in [1.82, 2.24) is 0 Å². The van der Waals surface area contributed by atoms with E-state index < -0.39 is 11.7 Å². The van der Waals surface area contributed by atoms with Crippen LogP contribution in [0.4, 0.5) is 13.2 Å². The van der Waals surface area contributed by atoms with Crippen molar-refractivity contribution in [3.8, 4) is 16.9 Å². The van der Waals surface area contributed by atoms with E-state index in [1.165, 1.54) is 18.3 Å². The molecule has 168 valence electrons. The third-order valence-corrected chi connectivity index (χ3v) is 5.92. The quantitative estimate of drug-likeness (QED) is 0.216. The van der Waals surface area contributed by atoms with Crippen molar-refractivity contribution in [2.45, 2.75) is 12.7 Å². The summed E-state index contributed by atoms with van der Waals surface area (Å²) in [5.41, 5.74) is 1.38. The summed E-state index contributed by atoms with van der Waals surface area (Å²) in [5, 5.41) is 15.3. The zero-order valence-corrected chi connectivity index (χ0v) is 18.1. The number of rotatable bonds is 4. The monoisotopic (exact) mass is 455 g/mol. The topological polar surface area (TPSA) is 32.6 Å². The van der Waals surface area contributed by atoms with Crippen molar-refractivity contribution >= 4 is 27.8 Å². The van der Waals surface area contributed by atoms with E-state index in [0.29, 0.717) is 11.1 Å². The van der Waals surface area contributed by atoms with Crippen molar-refractivity contribution in [2.75, 3.05) is 0 Å². The molecule has 5 aromatic rings. The molecule has 1 N–H and O–H groups in total. The Hall–Kier alpha value is -4.12. The highest BCUT2D eigenvalue weighted by Crippen LogP contribution is 2.41. The smallest absolute Gasteiger partial charge is 0.416 e. The third-order valence-electron chi connectivity index (χ3n) is 5.92. The number of hydrogen-bond acceptors (Lipinski definition) is 2. The lowest BCUT2D eigenvalue weighted by Crippen LogP contribution is -2.08. The van der Waals surface area contributed by atoms with Gasteiger partial charge < -0.3 is 5.11 Å². The van der Waals surface area contributed by atoms with Gasteiger partial charge in [0.05, 0.1) is 12.1 Å². The van der Waals surface area contributed by atoms with E-state index in [1.807, 2.05) is 60.7 Å². The van der Waals surface area contributed by atoms with Crippen LogP contribution in [-0.2, 0) is 12.7 Å². The maximum Gasteiger partial charge on any atom is 0.416 e. The number of nitrogens with zero attached hydrogens (tertiary/aromatic N) is 1. The van der Waals surface area contributed by atoms with Gasteiger partial charge in [-0.05, 0) is 45.3 Å². The lowest BCUT2D eigenvalue weighted by Gasteiger charge is -2.14. The minimum absolute atomic E-state index is 0.0388. The number of fused-ring (bicyclic) bond motifs is 2. The fourth-order valence-corrected chi connectivity index (χ4v) is 4.35. The number of para-hydroxylation sites is 1. The number of phenolic OH excluding ortho intramolecular Hbond substituents is 1. The summed E-state index contributed by atoms with van der Waals surface area (Å²) in [4.78, 5) is 4.22. The molecular weight excluding hydrogens is 435 g/mol. The Morgan fingerprint density at radius 2 is 1.35 bits per heavy atom. The summed E-state index contributed by atoms with van der Waals surface area (Å²) in [6.07, 6.45) is -3.01. The molecule has 0 amide bonds. The molecule has 0 fully saturated rings. The van der Waals surface area contributed by atoms with Crippen molar-refractivity contribution in [3.05, 3.63) is 114 Å². The van der Waals surface area contributed by atoms with Gasteiger partial charge in [-0.25, -0.2) is 0 Å². The van der Waals surface area contributed by atoms with E-state index in [0.717, 1.165) is 33.2 Å². The summed E-state index contributed by atoms with van der Waals surface area (Å²) in [5.74, 6) is 0.0388. The second-order valence-electron chi connectivity index (χ2n) is 8.06. The van der Waals surface area contributed by atoms with Gasteiger partial charge in [0.15, 0.2) is 0 Å². The Labute approximate surface area is 194 Å². The Morgan fingerprint density at radius 1 is 0.735 bits per heavy atom. The van der Waals surface area contributed by atoms with Gasteiger partial charge in [-0.2, -0.15) is 13.2 Å². The van der Waals surface area contributed by atoms with Crippen LogP contribution in [0.25, 0.3) is 32.7 Å². The zero-order valence-electron chi connectivity index (χ0n) is 18.1. The molecule has 0 saturated heterocycles.